The standard InChI is InChI=1S/C27H26N4O/c1-27(2,3)31(18-22-9-7-20(16-28)8-10-22)19-23-5-4-6-24(15-23)26(32)30-25-13-11-21(17-29)12-14-25/h4-15H,18-19H2,1-3H3,(H,30,32). The zero-order valence-corrected chi connectivity index (χ0v) is 18.6. The number of anilines is 1. The molecular formula is C27H26N4O. The van der Waals surface area contributed by atoms with E-state index < -0.39 is 0 Å². The van der Waals surface area contributed by atoms with Crippen LogP contribution in [0.15, 0.2) is 72.8 Å². The molecule has 0 aliphatic heterocycles. The number of nitrogens with zero attached hydrogens (tertiary/aromatic N) is 3. The summed E-state index contributed by atoms with van der Waals surface area (Å²) < 4.78 is 0. The van der Waals surface area contributed by atoms with E-state index in [1.165, 1.54) is 0 Å². The fourth-order valence-corrected chi connectivity index (χ4v) is 3.30. The van der Waals surface area contributed by atoms with Crippen LogP contribution in [0.1, 0.15) is 53.4 Å². The Morgan fingerprint density at radius 1 is 0.844 bits per heavy atom. The third kappa shape index (κ3) is 6.04. The Hall–Kier alpha value is -3.93. The highest BCUT2D eigenvalue weighted by atomic mass is 16.1. The lowest BCUT2D eigenvalue weighted by atomic mass is 10.0. The van der Waals surface area contributed by atoms with Gasteiger partial charge in [-0.1, -0.05) is 24.3 Å². The van der Waals surface area contributed by atoms with Crippen molar-refractivity contribution in [1.29, 1.82) is 10.5 Å². The van der Waals surface area contributed by atoms with Crippen LogP contribution in [-0.2, 0) is 13.1 Å². The summed E-state index contributed by atoms with van der Waals surface area (Å²) in [7, 11) is 0. The lowest BCUT2D eigenvalue weighted by molar-refractivity contribution is 0.102. The highest BCUT2D eigenvalue weighted by Gasteiger charge is 2.22. The smallest absolute Gasteiger partial charge is 0.255 e. The molecule has 32 heavy (non-hydrogen) atoms. The molecule has 0 spiro atoms. The van der Waals surface area contributed by atoms with Crippen LogP contribution in [-0.4, -0.2) is 16.3 Å². The van der Waals surface area contributed by atoms with Gasteiger partial charge in [-0.15, -0.1) is 0 Å². The molecule has 0 aliphatic rings. The predicted molar refractivity (Wildman–Crippen MR) is 126 cm³/mol. The third-order valence-corrected chi connectivity index (χ3v) is 5.24. The molecule has 0 atom stereocenters. The summed E-state index contributed by atoms with van der Waals surface area (Å²) in [4.78, 5) is 15.1. The summed E-state index contributed by atoms with van der Waals surface area (Å²) in [5.41, 5.74) is 4.52. The number of carbonyl (C=O) groups excluding carboxylic acids is 1. The summed E-state index contributed by atoms with van der Waals surface area (Å²) >= 11 is 0. The summed E-state index contributed by atoms with van der Waals surface area (Å²) in [6.07, 6.45) is 0. The lowest BCUT2D eigenvalue weighted by Gasteiger charge is -2.36. The van der Waals surface area contributed by atoms with Gasteiger partial charge in [0.25, 0.3) is 5.91 Å². The minimum Gasteiger partial charge on any atom is -0.322 e. The van der Waals surface area contributed by atoms with Gasteiger partial charge in [-0.3, -0.25) is 9.69 Å². The van der Waals surface area contributed by atoms with Crippen LogP contribution in [0.5, 0.6) is 0 Å². The largest absolute Gasteiger partial charge is 0.322 e. The Labute approximate surface area is 189 Å². The van der Waals surface area contributed by atoms with E-state index in [1.807, 2.05) is 42.5 Å². The van der Waals surface area contributed by atoms with E-state index in [4.69, 9.17) is 10.5 Å². The van der Waals surface area contributed by atoms with Crippen LogP contribution in [0, 0.1) is 22.7 Å². The van der Waals surface area contributed by atoms with Gasteiger partial charge in [0.1, 0.15) is 0 Å². The van der Waals surface area contributed by atoms with Crippen LogP contribution in [0.3, 0.4) is 0 Å². The number of amides is 1. The first-order chi connectivity index (χ1) is 15.3. The molecule has 0 aromatic heterocycles. The van der Waals surface area contributed by atoms with Gasteiger partial charge in [0.2, 0.25) is 0 Å². The predicted octanol–water partition coefficient (Wildman–Crippen LogP) is 5.48. The molecule has 0 saturated heterocycles. The zero-order valence-electron chi connectivity index (χ0n) is 18.6. The van der Waals surface area contributed by atoms with Gasteiger partial charge >= 0.3 is 0 Å². The van der Waals surface area contributed by atoms with Crippen molar-refractivity contribution in [3.63, 3.8) is 0 Å². The van der Waals surface area contributed by atoms with Crippen molar-refractivity contribution >= 4 is 11.6 Å². The topological polar surface area (TPSA) is 79.9 Å². The highest BCUT2D eigenvalue weighted by molar-refractivity contribution is 6.04. The molecule has 3 aromatic carbocycles. The summed E-state index contributed by atoms with van der Waals surface area (Å²) in [6.45, 7) is 7.91. The molecule has 3 aromatic rings. The molecule has 1 amide bonds. The molecule has 0 aliphatic carbocycles. The molecule has 160 valence electrons. The minimum atomic E-state index is -0.189. The number of nitrogens with one attached hydrogen (secondary N) is 1. The van der Waals surface area contributed by atoms with Crippen LogP contribution in [0.2, 0.25) is 0 Å². The van der Waals surface area contributed by atoms with Gasteiger partial charge in [-0.2, -0.15) is 10.5 Å². The fraction of sp³-hybridized carbons (Fsp3) is 0.222. The van der Waals surface area contributed by atoms with E-state index in [0.717, 1.165) is 17.7 Å². The van der Waals surface area contributed by atoms with Crippen molar-refractivity contribution in [2.75, 3.05) is 5.32 Å². The van der Waals surface area contributed by atoms with E-state index >= 15 is 0 Å². The van der Waals surface area contributed by atoms with E-state index in [1.54, 1.807) is 30.3 Å². The number of carbonyl (C=O) groups is 1. The Kier molecular flexibility index (Phi) is 7.05. The van der Waals surface area contributed by atoms with Gasteiger partial charge in [-0.25, -0.2) is 0 Å². The Balaban J connectivity index is 1.74. The van der Waals surface area contributed by atoms with E-state index in [9.17, 15) is 4.79 Å². The maximum absolute atomic E-state index is 12.7. The van der Waals surface area contributed by atoms with Crippen molar-refractivity contribution in [2.45, 2.75) is 39.4 Å². The maximum Gasteiger partial charge on any atom is 0.255 e. The van der Waals surface area contributed by atoms with Crippen molar-refractivity contribution in [3.8, 4) is 12.1 Å². The molecular weight excluding hydrogens is 396 g/mol. The Morgan fingerprint density at radius 2 is 1.41 bits per heavy atom. The molecule has 5 nitrogen and oxygen atoms in total. The third-order valence-electron chi connectivity index (χ3n) is 5.24. The second-order valence-electron chi connectivity index (χ2n) is 8.68. The summed E-state index contributed by atoms with van der Waals surface area (Å²) in [5, 5.41) is 20.8. The first-order valence-corrected chi connectivity index (χ1v) is 10.4. The molecule has 3 rings (SSSR count). The van der Waals surface area contributed by atoms with Crippen molar-refractivity contribution in [1.82, 2.24) is 4.90 Å². The average Bonchev–Trinajstić information content (AvgIpc) is 2.79. The van der Waals surface area contributed by atoms with Crippen LogP contribution >= 0.6 is 0 Å². The molecule has 5 heteroatoms. The van der Waals surface area contributed by atoms with Crippen LogP contribution < -0.4 is 5.32 Å². The van der Waals surface area contributed by atoms with Crippen LogP contribution in [0.4, 0.5) is 5.69 Å². The van der Waals surface area contributed by atoms with Gasteiger partial charge < -0.3 is 5.32 Å². The van der Waals surface area contributed by atoms with E-state index in [2.05, 4.69) is 43.1 Å². The second-order valence-corrected chi connectivity index (χ2v) is 8.68. The van der Waals surface area contributed by atoms with Crippen molar-refractivity contribution < 1.29 is 4.79 Å². The maximum atomic E-state index is 12.7. The average molecular weight is 423 g/mol. The number of nitriles is 2. The van der Waals surface area contributed by atoms with E-state index in [0.29, 0.717) is 28.9 Å². The fourth-order valence-electron chi connectivity index (χ4n) is 3.30. The molecule has 0 radical (unpaired) electrons. The molecule has 0 heterocycles. The lowest BCUT2D eigenvalue weighted by Crippen LogP contribution is -2.40. The van der Waals surface area contributed by atoms with Crippen molar-refractivity contribution in [3.05, 3.63) is 101 Å². The molecule has 0 fully saturated rings. The first kappa shape index (κ1) is 22.7. The van der Waals surface area contributed by atoms with E-state index in [-0.39, 0.29) is 11.4 Å². The number of hydrogen-bond acceptors (Lipinski definition) is 4. The molecule has 0 unspecified atom stereocenters. The summed E-state index contributed by atoms with van der Waals surface area (Å²) in [6, 6.07) is 26.3. The van der Waals surface area contributed by atoms with Gasteiger partial charge in [0.05, 0.1) is 23.3 Å². The SMILES string of the molecule is CC(C)(C)N(Cc1ccc(C#N)cc1)Cc1cccc(C(=O)Nc2ccc(C#N)cc2)c1. The summed E-state index contributed by atoms with van der Waals surface area (Å²) in [5.74, 6) is -0.189. The molecule has 0 saturated carbocycles. The Bertz CT molecular complexity index is 1160. The van der Waals surface area contributed by atoms with Crippen molar-refractivity contribution in [2.24, 2.45) is 0 Å². The number of hydrogen-bond donors (Lipinski definition) is 1. The monoisotopic (exact) mass is 422 g/mol. The van der Waals surface area contributed by atoms with Crippen LogP contribution in [0.25, 0.3) is 0 Å². The number of rotatable bonds is 6. The molecule has 1 N–H and O–H groups in total. The quantitative estimate of drug-likeness (QED) is 0.570. The van der Waals surface area contributed by atoms with Gasteiger partial charge in [0, 0.05) is 29.9 Å². The zero-order chi connectivity index (χ0) is 23.1. The minimum absolute atomic E-state index is 0.0886. The van der Waals surface area contributed by atoms with Gasteiger partial charge in [-0.05, 0) is 80.4 Å². The first-order valence-electron chi connectivity index (χ1n) is 10.4. The second kappa shape index (κ2) is 9.92. The normalized spacial score (nSPS) is 10.9. The molecule has 0 bridgehead atoms. The van der Waals surface area contributed by atoms with Gasteiger partial charge in [0.15, 0.2) is 0 Å². The Morgan fingerprint density at radius 3 is 1.97 bits per heavy atom. The number of benzene rings is 3. The highest BCUT2D eigenvalue weighted by Crippen LogP contribution is 2.22.